The molecule has 2 fully saturated rings. The standard InChI is InChI=1S/C9H11NOS/c11-8-7(6-2-3-6)9-10(8)4-1-5-12-9/h1,4,6-7,9H,2-3,5H2/t7?,9-/m0/s1. The number of carbonyl (C=O) groups is 1. The molecule has 0 aromatic carbocycles. The van der Waals surface area contributed by atoms with E-state index in [1.54, 1.807) is 0 Å². The van der Waals surface area contributed by atoms with Gasteiger partial charge >= 0.3 is 0 Å². The van der Waals surface area contributed by atoms with Crippen molar-refractivity contribution in [2.24, 2.45) is 11.8 Å². The van der Waals surface area contributed by atoms with Crippen molar-refractivity contribution in [3.05, 3.63) is 12.3 Å². The van der Waals surface area contributed by atoms with Crippen LogP contribution >= 0.6 is 11.8 Å². The summed E-state index contributed by atoms with van der Waals surface area (Å²) in [5.41, 5.74) is 0. The van der Waals surface area contributed by atoms with Gasteiger partial charge in [-0.3, -0.25) is 4.79 Å². The first-order valence-corrected chi connectivity index (χ1v) is 5.53. The molecule has 1 unspecified atom stereocenters. The summed E-state index contributed by atoms with van der Waals surface area (Å²) in [5.74, 6) is 2.56. The van der Waals surface area contributed by atoms with E-state index in [1.807, 2.05) is 22.9 Å². The monoisotopic (exact) mass is 181 g/mol. The number of thioether (sulfide) groups is 1. The van der Waals surface area contributed by atoms with Gasteiger partial charge in [-0.25, -0.2) is 0 Å². The fourth-order valence-electron chi connectivity index (χ4n) is 2.05. The molecule has 64 valence electrons. The predicted molar refractivity (Wildman–Crippen MR) is 48.4 cm³/mol. The lowest BCUT2D eigenvalue weighted by molar-refractivity contribution is -0.146. The van der Waals surface area contributed by atoms with Gasteiger partial charge in [-0.05, 0) is 18.8 Å². The first kappa shape index (κ1) is 7.01. The molecule has 0 aromatic rings. The van der Waals surface area contributed by atoms with E-state index in [1.165, 1.54) is 12.8 Å². The van der Waals surface area contributed by atoms with Crippen molar-refractivity contribution in [1.29, 1.82) is 0 Å². The van der Waals surface area contributed by atoms with Crippen LogP contribution in [0.1, 0.15) is 12.8 Å². The first-order chi connectivity index (χ1) is 5.88. The predicted octanol–water partition coefficient (Wildman–Crippen LogP) is 1.44. The number of nitrogens with zero attached hydrogens (tertiary/aromatic N) is 1. The van der Waals surface area contributed by atoms with E-state index in [4.69, 9.17) is 0 Å². The molecule has 1 saturated carbocycles. The molecule has 2 atom stereocenters. The van der Waals surface area contributed by atoms with Gasteiger partial charge in [-0.15, -0.1) is 11.8 Å². The van der Waals surface area contributed by atoms with Crippen LogP contribution in [0.5, 0.6) is 0 Å². The third-order valence-corrected chi connectivity index (χ3v) is 4.13. The zero-order valence-electron chi connectivity index (χ0n) is 6.77. The van der Waals surface area contributed by atoms with Crippen molar-refractivity contribution in [3.8, 4) is 0 Å². The van der Waals surface area contributed by atoms with Crippen molar-refractivity contribution in [3.63, 3.8) is 0 Å². The maximum absolute atomic E-state index is 11.5. The van der Waals surface area contributed by atoms with Crippen LogP contribution in [0.2, 0.25) is 0 Å². The van der Waals surface area contributed by atoms with Crippen LogP contribution in [0.3, 0.4) is 0 Å². The van der Waals surface area contributed by atoms with E-state index < -0.39 is 0 Å². The van der Waals surface area contributed by atoms with E-state index in [0.717, 1.165) is 11.7 Å². The second kappa shape index (κ2) is 2.28. The highest BCUT2D eigenvalue weighted by Gasteiger charge is 2.54. The van der Waals surface area contributed by atoms with Gasteiger partial charge in [-0.2, -0.15) is 0 Å². The summed E-state index contributed by atoms with van der Waals surface area (Å²) in [6.45, 7) is 0. The zero-order valence-corrected chi connectivity index (χ0v) is 7.59. The average molecular weight is 181 g/mol. The fourth-order valence-corrected chi connectivity index (χ4v) is 3.33. The zero-order chi connectivity index (χ0) is 8.13. The van der Waals surface area contributed by atoms with Gasteiger partial charge in [0.05, 0.1) is 11.3 Å². The van der Waals surface area contributed by atoms with Crippen molar-refractivity contribution >= 4 is 17.7 Å². The van der Waals surface area contributed by atoms with Gasteiger partial charge in [-0.1, -0.05) is 6.08 Å². The minimum absolute atomic E-state index is 0.367. The summed E-state index contributed by atoms with van der Waals surface area (Å²) < 4.78 is 0. The molecule has 2 aliphatic heterocycles. The molecule has 3 rings (SSSR count). The van der Waals surface area contributed by atoms with Crippen LogP contribution < -0.4 is 0 Å². The minimum Gasteiger partial charge on any atom is -0.306 e. The smallest absolute Gasteiger partial charge is 0.233 e. The van der Waals surface area contributed by atoms with E-state index >= 15 is 0 Å². The third-order valence-electron chi connectivity index (χ3n) is 2.88. The van der Waals surface area contributed by atoms with Crippen LogP contribution in [0.25, 0.3) is 0 Å². The summed E-state index contributed by atoms with van der Waals surface area (Å²) in [4.78, 5) is 13.4. The molecule has 3 heteroatoms. The Kier molecular flexibility index (Phi) is 1.33. The normalized spacial score (nSPS) is 39.3. The van der Waals surface area contributed by atoms with Crippen LogP contribution in [-0.4, -0.2) is 21.9 Å². The molecule has 0 bridgehead atoms. The van der Waals surface area contributed by atoms with Crippen molar-refractivity contribution in [2.75, 3.05) is 5.75 Å². The fraction of sp³-hybridized carbons (Fsp3) is 0.667. The molecule has 0 spiro atoms. The lowest BCUT2D eigenvalue weighted by Gasteiger charge is -2.46. The number of carbonyl (C=O) groups excluding carboxylic acids is 1. The second-order valence-corrected chi connectivity index (χ2v) is 4.87. The van der Waals surface area contributed by atoms with Crippen LogP contribution in [0.15, 0.2) is 12.3 Å². The number of hydrogen-bond acceptors (Lipinski definition) is 2. The largest absolute Gasteiger partial charge is 0.306 e. The lowest BCUT2D eigenvalue weighted by atomic mass is 9.93. The summed E-state index contributed by atoms with van der Waals surface area (Å²) >= 11 is 1.91. The number of amides is 1. The molecule has 0 radical (unpaired) electrons. The van der Waals surface area contributed by atoms with Gasteiger partial charge in [0.15, 0.2) is 0 Å². The number of rotatable bonds is 1. The highest BCUT2D eigenvalue weighted by molar-refractivity contribution is 8.00. The topological polar surface area (TPSA) is 20.3 Å². The molecule has 1 amide bonds. The van der Waals surface area contributed by atoms with Crippen molar-refractivity contribution in [2.45, 2.75) is 18.2 Å². The number of β-lactam (4-membered cyclic amide) rings is 1. The molecule has 2 nitrogen and oxygen atoms in total. The second-order valence-electron chi connectivity index (χ2n) is 3.72. The van der Waals surface area contributed by atoms with E-state index in [0.29, 0.717) is 17.2 Å². The van der Waals surface area contributed by atoms with Crippen molar-refractivity contribution in [1.82, 2.24) is 4.90 Å². The first-order valence-electron chi connectivity index (χ1n) is 4.48. The Morgan fingerprint density at radius 1 is 1.50 bits per heavy atom. The lowest BCUT2D eigenvalue weighted by Crippen LogP contribution is -2.58. The summed E-state index contributed by atoms with van der Waals surface area (Å²) in [6, 6.07) is 0. The Labute approximate surface area is 76.0 Å². The summed E-state index contributed by atoms with van der Waals surface area (Å²) in [5, 5.41) is 0.495. The Morgan fingerprint density at radius 2 is 2.33 bits per heavy atom. The number of hydrogen-bond donors (Lipinski definition) is 0. The SMILES string of the molecule is O=C1C(C2CC2)[C@@H]2SCC=CN12. The van der Waals surface area contributed by atoms with Crippen LogP contribution in [0, 0.1) is 11.8 Å². The third kappa shape index (κ3) is 0.802. The highest BCUT2D eigenvalue weighted by Crippen LogP contribution is 2.50. The molecular formula is C9H11NOS. The van der Waals surface area contributed by atoms with Gasteiger partial charge in [0.1, 0.15) is 0 Å². The quantitative estimate of drug-likeness (QED) is 0.570. The van der Waals surface area contributed by atoms with Gasteiger partial charge in [0.25, 0.3) is 0 Å². The molecule has 1 saturated heterocycles. The van der Waals surface area contributed by atoms with Crippen molar-refractivity contribution < 1.29 is 4.79 Å². The van der Waals surface area contributed by atoms with Gasteiger partial charge in [0, 0.05) is 12.0 Å². The van der Waals surface area contributed by atoms with Crippen LogP contribution in [-0.2, 0) is 4.79 Å². The molecule has 2 heterocycles. The highest BCUT2D eigenvalue weighted by atomic mass is 32.2. The average Bonchev–Trinajstić information content (AvgIpc) is 2.88. The van der Waals surface area contributed by atoms with Crippen LogP contribution in [0.4, 0.5) is 0 Å². The molecule has 0 aromatic heterocycles. The van der Waals surface area contributed by atoms with Gasteiger partial charge in [0.2, 0.25) is 5.91 Å². The van der Waals surface area contributed by atoms with E-state index in [-0.39, 0.29) is 0 Å². The number of fused-ring (bicyclic) bond motifs is 1. The summed E-state index contributed by atoms with van der Waals surface area (Å²) in [7, 11) is 0. The minimum atomic E-state index is 0.367. The van der Waals surface area contributed by atoms with E-state index in [2.05, 4.69) is 6.08 Å². The Hall–Kier alpha value is -0.440. The maximum atomic E-state index is 11.5. The molecular weight excluding hydrogens is 170 g/mol. The van der Waals surface area contributed by atoms with E-state index in [9.17, 15) is 4.79 Å². The molecule has 0 N–H and O–H groups in total. The van der Waals surface area contributed by atoms with Gasteiger partial charge < -0.3 is 4.90 Å². The molecule has 3 aliphatic rings. The Balaban J connectivity index is 1.82. The Bertz CT molecular complexity index is 259. The Morgan fingerprint density at radius 3 is 3.08 bits per heavy atom. The molecule has 12 heavy (non-hydrogen) atoms. The molecule has 1 aliphatic carbocycles. The maximum Gasteiger partial charge on any atom is 0.233 e. The summed E-state index contributed by atoms with van der Waals surface area (Å²) in [6.07, 6.45) is 6.60.